The van der Waals surface area contributed by atoms with Gasteiger partial charge < -0.3 is 10.4 Å². The topological polar surface area (TPSA) is 91.2 Å². The number of piperidine rings is 1. The summed E-state index contributed by atoms with van der Waals surface area (Å²) in [5.41, 5.74) is 2.98. The molecule has 8 heteroatoms. The zero-order valence-electron chi connectivity index (χ0n) is 16.9. The van der Waals surface area contributed by atoms with E-state index in [-0.39, 0.29) is 12.0 Å². The Kier molecular flexibility index (Phi) is 6.47. The Balaban J connectivity index is 1.32. The maximum Gasteiger partial charge on any atom is 0.263 e. The van der Waals surface area contributed by atoms with Gasteiger partial charge in [0.15, 0.2) is 10.8 Å². The number of carbonyl (C=O) groups is 1. The van der Waals surface area contributed by atoms with Crippen molar-refractivity contribution in [1.29, 1.82) is 0 Å². The summed E-state index contributed by atoms with van der Waals surface area (Å²) in [6, 6.07) is 10.1. The minimum atomic E-state index is -0.147. The summed E-state index contributed by atoms with van der Waals surface area (Å²) >= 11 is 1.31. The monoisotopic (exact) mass is 423 g/mol. The smallest absolute Gasteiger partial charge is 0.263 e. The summed E-state index contributed by atoms with van der Waals surface area (Å²) in [7, 11) is 0. The molecule has 0 aliphatic carbocycles. The summed E-state index contributed by atoms with van der Waals surface area (Å²) in [6.07, 6.45) is 4.87. The highest BCUT2D eigenvalue weighted by molar-refractivity contribution is 7.17. The number of carbonyl (C=O) groups excluding carboxylic acids is 1. The van der Waals surface area contributed by atoms with Gasteiger partial charge in [0.25, 0.3) is 5.91 Å². The molecule has 0 spiro atoms. The molecule has 3 heterocycles. The Morgan fingerprint density at radius 2 is 1.83 bits per heavy atom. The third-order valence-corrected chi connectivity index (χ3v) is 6.35. The number of likely N-dealkylation sites (tertiary alicyclic amines) is 1. The molecule has 3 aromatic rings. The van der Waals surface area contributed by atoms with Gasteiger partial charge in [-0.2, -0.15) is 0 Å². The molecule has 2 aromatic heterocycles. The number of aliphatic hydroxyl groups excluding tert-OH is 1. The lowest BCUT2D eigenvalue weighted by molar-refractivity contribution is 0.0792. The van der Waals surface area contributed by atoms with Crippen molar-refractivity contribution in [1.82, 2.24) is 25.2 Å². The molecule has 30 heavy (non-hydrogen) atoms. The Morgan fingerprint density at radius 3 is 2.53 bits per heavy atom. The second-order valence-electron chi connectivity index (χ2n) is 7.51. The van der Waals surface area contributed by atoms with Crippen molar-refractivity contribution in [3.05, 3.63) is 64.4 Å². The van der Waals surface area contributed by atoms with Crippen LogP contribution in [-0.2, 0) is 13.1 Å². The summed E-state index contributed by atoms with van der Waals surface area (Å²) in [5, 5.41) is 13.2. The first-order valence-corrected chi connectivity index (χ1v) is 10.9. The molecule has 0 atom stereocenters. The van der Waals surface area contributed by atoms with Crippen LogP contribution in [0.1, 0.15) is 39.3 Å². The number of thiazole rings is 1. The highest BCUT2D eigenvalue weighted by atomic mass is 32.1. The molecule has 4 rings (SSSR count). The SMILES string of the molecule is Cc1nc(-c2ncccn2)sc1C(=O)NCc1ccc(CN2CCC(O)CC2)cc1. The number of amides is 1. The van der Waals surface area contributed by atoms with Gasteiger partial charge in [0.05, 0.1) is 11.8 Å². The molecule has 1 aliphatic rings. The van der Waals surface area contributed by atoms with E-state index in [0.717, 1.165) is 38.0 Å². The van der Waals surface area contributed by atoms with Gasteiger partial charge >= 0.3 is 0 Å². The van der Waals surface area contributed by atoms with E-state index >= 15 is 0 Å². The molecular weight excluding hydrogens is 398 g/mol. The van der Waals surface area contributed by atoms with Crippen LogP contribution < -0.4 is 5.32 Å². The van der Waals surface area contributed by atoms with Gasteiger partial charge in [0.2, 0.25) is 0 Å². The van der Waals surface area contributed by atoms with Gasteiger partial charge in [-0.15, -0.1) is 11.3 Å². The van der Waals surface area contributed by atoms with Crippen molar-refractivity contribution in [2.24, 2.45) is 0 Å². The number of aromatic nitrogens is 3. The predicted octanol–water partition coefficient (Wildman–Crippen LogP) is 2.80. The zero-order chi connectivity index (χ0) is 20.9. The van der Waals surface area contributed by atoms with Crippen LogP contribution in [0.4, 0.5) is 0 Å². The van der Waals surface area contributed by atoms with Crippen LogP contribution in [0, 0.1) is 6.92 Å². The van der Waals surface area contributed by atoms with E-state index in [0.29, 0.717) is 27.9 Å². The van der Waals surface area contributed by atoms with Crippen LogP contribution in [0.25, 0.3) is 10.8 Å². The molecule has 1 saturated heterocycles. The first kappa shape index (κ1) is 20.6. The number of hydrogen-bond acceptors (Lipinski definition) is 7. The van der Waals surface area contributed by atoms with E-state index < -0.39 is 0 Å². The molecule has 0 saturated carbocycles. The van der Waals surface area contributed by atoms with Gasteiger partial charge in [-0.25, -0.2) is 15.0 Å². The minimum absolute atomic E-state index is 0.136. The number of benzene rings is 1. The third-order valence-electron chi connectivity index (χ3n) is 5.20. The second-order valence-corrected chi connectivity index (χ2v) is 8.51. The standard InChI is InChI=1S/C22H25N5O2S/c1-15-19(30-22(26-15)20-23-9-2-10-24-20)21(29)25-13-16-3-5-17(6-4-16)14-27-11-7-18(28)8-12-27/h2-6,9-10,18,28H,7-8,11-14H2,1H3,(H,25,29). The molecule has 2 N–H and O–H groups in total. The number of hydrogen-bond donors (Lipinski definition) is 2. The van der Waals surface area contributed by atoms with Crippen LogP contribution in [0.5, 0.6) is 0 Å². The fraction of sp³-hybridized carbons (Fsp3) is 0.364. The van der Waals surface area contributed by atoms with Gasteiger partial charge in [0.1, 0.15) is 4.88 Å². The average Bonchev–Trinajstić information content (AvgIpc) is 3.17. The number of nitrogens with one attached hydrogen (secondary N) is 1. The zero-order valence-corrected chi connectivity index (χ0v) is 17.7. The number of aliphatic hydroxyl groups is 1. The summed E-state index contributed by atoms with van der Waals surface area (Å²) in [4.78, 5) is 28.4. The fourth-order valence-corrected chi connectivity index (χ4v) is 4.40. The second kappa shape index (κ2) is 9.42. The molecule has 1 aliphatic heterocycles. The predicted molar refractivity (Wildman–Crippen MR) is 116 cm³/mol. The van der Waals surface area contributed by atoms with E-state index in [9.17, 15) is 9.90 Å². The Labute approximate surface area is 179 Å². The van der Waals surface area contributed by atoms with E-state index in [4.69, 9.17) is 0 Å². The fourth-order valence-electron chi connectivity index (χ4n) is 3.47. The highest BCUT2D eigenvalue weighted by Crippen LogP contribution is 2.25. The van der Waals surface area contributed by atoms with Gasteiger partial charge in [-0.3, -0.25) is 9.69 Å². The quantitative estimate of drug-likeness (QED) is 0.634. The summed E-state index contributed by atoms with van der Waals surface area (Å²) < 4.78 is 0. The maximum atomic E-state index is 12.6. The summed E-state index contributed by atoms with van der Waals surface area (Å²) in [5.74, 6) is 0.395. The van der Waals surface area contributed by atoms with Crippen molar-refractivity contribution in [2.45, 2.75) is 39.0 Å². The van der Waals surface area contributed by atoms with E-state index in [1.807, 2.05) is 6.92 Å². The lowest BCUT2D eigenvalue weighted by atomic mass is 10.1. The van der Waals surface area contributed by atoms with E-state index in [1.165, 1.54) is 16.9 Å². The highest BCUT2D eigenvalue weighted by Gasteiger charge is 2.18. The Hall–Kier alpha value is -2.68. The molecule has 1 aromatic carbocycles. The van der Waals surface area contributed by atoms with Crippen molar-refractivity contribution in [3.63, 3.8) is 0 Å². The van der Waals surface area contributed by atoms with Crippen LogP contribution in [0.3, 0.4) is 0 Å². The largest absolute Gasteiger partial charge is 0.393 e. The minimum Gasteiger partial charge on any atom is -0.393 e. The molecule has 156 valence electrons. The lowest BCUT2D eigenvalue weighted by Crippen LogP contribution is -2.35. The van der Waals surface area contributed by atoms with Gasteiger partial charge in [0, 0.05) is 38.6 Å². The molecule has 1 amide bonds. The van der Waals surface area contributed by atoms with Gasteiger partial charge in [-0.1, -0.05) is 24.3 Å². The molecule has 0 radical (unpaired) electrons. The van der Waals surface area contributed by atoms with Crippen LogP contribution in [0.2, 0.25) is 0 Å². The van der Waals surface area contributed by atoms with Crippen molar-refractivity contribution in [2.75, 3.05) is 13.1 Å². The molecular formula is C22H25N5O2S. The average molecular weight is 424 g/mol. The van der Waals surface area contributed by atoms with Crippen LogP contribution in [0.15, 0.2) is 42.7 Å². The van der Waals surface area contributed by atoms with Crippen molar-refractivity contribution >= 4 is 17.2 Å². The van der Waals surface area contributed by atoms with Crippen molar-refractivity contribution in [3.8, 4) is 10.8 Å². The number of nitrogens with zero attached hydrogens (tertiary/aromatic N) is 4. The molecule has 7 nitrogen and oxygen atoms in total. The third kappa shape index (κ3) is 5.08. The molecule has 0 bridgehead atoms. The number of aryl methyl sites for hydroxylation is 1. The van der Waals surface area contributed by atoms with Crippen LogP contribution in [-0.4, -0.2) is 50.1 Å². The van der Waals surface area contributed by atoms with E-state index in [2.05, 4.69) is 49.4 Å². The van der Waals surface area contributed by atoms with E-state index in [1.54, 1.807) is 18.5 Å². The van der Waals surface area contributed by atoms with Crippen molar-refractivity contribution < 1.29 is 9.90 Å². The Morgan fingerprint density at radius 1 is 1.17 bits per heavy atom. The Bertz CT molecular complexity index is 983. The maximum absolute atomic E-state index is 12.6. The van der Waals surface area contributed by atoms with Gasteiger partial charge in [-0.05, 0) is 37.0 Å². The normalized spacial score (nSPS) is 15.3. The lowest BCUT2D eigenvalue weighted by Gasteiger charge is -2.29. The first-order valence-electron chi connectivity index (χ1n) is 10.1. The number of rotatable bonds is 6. The van der Waals surface area contributed by atoms with Crippen LogP contribution >= 0.6 is 11.3 Å². The first-order chi connectivity index (χ1) is 14.6. The molecule has 0 unspecified atom stereocenters. The molecule has 1 fully saturated rings. The summed E-state index contributed by atoms with van der Waals surface area (Å²) in [6.45, 7) is 5.05.